The van der Waals surface area contributed by atoms with Crippen molar-refractivity contribution < 1.29 is 23.7 Å². The molecule has 0 saturated carbocycles. The maximum atomic E-state index is 13.0. The Labute approximate surface area is 179 Å². The highest BCUT2D eigenvalue weighted by Gasteiger charge is 2.18. The maximum absolute atomic E-state index is 13.0. The van der Waals surface area contributed by atoms with Gasteiger partial charge >= 0.3 is 0 Å². The fraction of sp³-hybridized carbons (Fsp3) is 0.318. The summed E-state index contributed by atoms with van der Waals surface area (Å²) in [6.45, 7) is 3.47. The Balaban J connectivity index is 1.94. The first-order chi connectivity index (χ1) is 13.9. The number of carbonyl (C=O) groups excluding carboxylic acids is 1. The van der Waals surface area contributed by atoms with Crippen molar-refractivity contribution in [2.75, 3.05) is 45.9 Å². The number of benzene rings is 2. The van der Waals surface area contributed by atoms with E-state index in [1.165, 1.54) is 0 Å². The minimum atomic E-state index is -0.145. The van der Waals surface area contributed by atoms with Gasteiger partial charge in [-0.15, -0.1) is 0 Å². The highest BCUT2D eigenvalue weighted by molar-refractivity contribution is 9.12. The van der Waals surface area contributed by atoms with Crippen molar-refractivity contribution >= 4 is 33.5 Å². The van der Waals surface area contributed by atoms with Crippen LogP contribution in [-0.2, 0) is 0 Å². The fourth-order valence-corrected chi connectivity index (χ4v) is 3.48. The standard InChI is InChI=1S/C22H24BrNO5/c1-5-27-18-7-6-14(11-17(18)24(2)3)22(25)16(23)10-15-12-20-21(13-19(15)26-4)29-9-8-28-20/h6-7,10-13H,5,8-9H2,1-4H3/b16-10+. The van der Waals surface area contributed by atoms with Gasteiger partial charge in [0.15, 0.2) is 17.3 Å². The highest BCUT2D eigenvalue weighted by atomic mass is 79.9. The number of hydrogen-bond acceptors (Lipinski definition) is 6. The SMILES string of the molecule is CCOc1ccc(C(=O)/C(Br)=C\c2cc3c(cc2OC)OCCO3)cc1N(C)C. The lowest BCUT2D eigenvalue weighted by atomic mass is 10.1. The Morgan fingerprint density at radius 1 is 1.14 bits per heavy atom. The van der Waals surface area contributed by atoms with E-state index in [9.17, 15) is 4.79 Å². The van der Waals surface area contributed by atoms with Crippen LogP contribution in [0.2, 0.25) is 0 Å². The molecular weight excluding hydrogens is 438 g/mol. The van der Waals surface area contributed by atoms with Crippen molar-refractivity contribution in [3.8, 4) is 23.0 Å². The average molecular weight is 462 g/mol. The summed E-state index contributed by atoms with van der Waals surface area (Å²) in [5, 5.41) is 0. The van der Waals surface area contributed by atoms with E-state index in [1.807, 2.05) is 44.1 Å². The summed E-state index contributed by atoms with van der Waals surface area (Å²) < 4.78 is 22.7. The molecule has 1 heterocycles. The average Bonchev–Trinajstić information content (AvgIpc) is 2.73. The first-order valence-corrected chi connectivity index (χ1v) is 10.1. The molecule has 0 fully saturated rings. The van der Waals surface area contributed by atoms with Gasteiger partial charge in [0.2, 0.25) is 0 Å². The Kier molecular flexibility index (Phi) is 6.69. The fourth-order valence-electron chi connectivity index (χ4n) is 3.00. The molecule has 0 bridgehead atoms. The number of hydrogen-bond donors (Lipinski definition) is 0. The van der Waals surface area contributed by atoms with Crippen LogP contribution in [0.15, 0.2) is 34.8 Å². The maximum Gasteiger partial charge on any atom is 0.200 e. The Bertz CT molecular complexity index is 939. The number of nitrogens with zero attached hydrogens (tertiary/aromatic N) is 1. The van der Waals surface area contributed by atoms with Crippen molar-refractivity contribution in [2.45, 2.75) is 6.92 Å². The molecule has 2 aromatic rings. The van der Waals surface area contributed by atoms with Gasteiger partial charge in [0.1, 0.15) is 24.7 Å². The number of Topliss-reactive ketones (excluding diaryl/α,β-unsaturated/α-hetero) is 1. The first kappa shape index (κ1) is 21.0. The second-order valence-corrected chi connectivity index (χ2v) is 7.42. The number of fused-ring (bicyclic) bond motifs is 1. The van der Waals surface area contributed by atoms with Crippen molar-refractivity contribution in [3.05, 3.63) is 45.9 Å². The van der Waals surface area contributed by atoms with Crippen LogP contribution in [0.4, 0.5) is 5.69 Å². The third-order valence-corrected chi connectivity index (χ3v) is 4.99. The largest absolute Gasteiger partial charge is 0.496 e. The molecule has 0 saturated heterocycles. The van der Waals surface area contributed by atoms with Crippen LogP contribution in [-0.4, -0.2) is 46.8 Å². The lowest BCUT2D eigenvalue weighted by molar-refractivity contribution is 0.104. The van der Waals surface area contributed by atoms with Gasteiger partial charge in [0.05, 0.1) is 23.9 Å². The van der Waals surface area contributed by atoms with Crippen LogP contribution in [0.1, 0.15) is 22.8 Å². The van der Waals surface area contributed by atoms with E-state index >= 15 is 0 Å². The zero-order valence-corrected chi connectivity index (χ0v) is 18.5. The monoisotopic (exact) mass is 461 g/mol. The van der Waals surface area contributed by atoms with Gasteiger partial charge in [0.25, 0.3) is 0 Å². The van der Waals surface area contributed by atoms with Crippen LogP contribution < -0.4 is 23.8 Å². The summed E-state index contributed by atoms with van der Waals surface area (Å²) in [4.78, 5) is 14.9. The molecule has 0 radical (unpaired) electrons. The van der Waals surface area contributed by atoms with Gasteiger partial charge in [-0.2, -0.15) is 0 Å². The van der Waals surface area contributed by atoms with E-state index in [0.717, 1.165) is 17.0 Å². The molecule has 1 aliphatic heterocycles. The van der Waals surface area contributed by atoms with Crippen molar-refractivity contribution in [2.24, 2.45) is 0 Å². The molecule has 0 unspecified atom stereocenters. The lowest BCUT2D eigenvalue weighted by Crippen LogP contribution is -2.15. The lowest BCUT2D eigenvalue weighted by Gasteiger charge is -2.20. The van der Waals surface area contributed by atoms with Crippen LogP contribution >= 0.6 is 15.9 Å². The van der Waals surface area contributed by atoms with Crippen LogP contribution in [0.25, 0.3) is 6.08 Å². The summed E-state index contributed by atoms with van der Waals surface area (Å²) in [6, 6.07) is 8.98. The summed E-state index contributed by atoms with van der Waals surface area (Å²) in [5.74, 6) is 2.46. The second kappa shape index (κ2) is 9.22. The zero-order chi connectivity index (χ0) is 21.0. The quantitative estimate of drug-likeness (QED) is 0.445. The van der Waals surface area contributed by atoms with Crippen molar-refractivity contribution in [3.63, 3.8) is 0 Å². The molecular formula is C22H24BrNO5. The molecule has 0 aromatic heterocycles. The van der Waals surface area contributed by atoms with Crippen molar-refractivity contribution in [1.82, 2.24) is 0 Å². The van der Waals surface area contributed by atoms with Crippen LogP contribution in [0.5, 0.6) is 23.0 Å². The van der Waals surface area contributed by atoms with E-state index in [0.29, 0.717) is 47.1 Å². The van der Waals surface area contributed by atoms with Gasteiger partial charge in [-0.05, 0) is 53.2 Å². The Morgan fingerprint density at radius 3 is 2.45 bits per heavy atom. The summed E-state index contributed by atoms with van der Waals surface area (Å²) >= 11 is 3.43. The molecule has 0 spiro atoms. The van der Waals surface area contributed by atoms with Gasteiger partial charge in [-0.1, -0.05) is 0 Å². The molecule has 3 rings (SSSR count). The molecule has 0 amide bonds. The first-order valence-electron chi connectivity index (χ1n) is 9.28. The van der Waals surface area contributed by atoms with Gasteiger partial charge in [-0.3, -0.25) is 4.79 Å². The molecule has 2 aromatic carbocycles. The van der Waals surface area contributed by atoms with E-state index in [1.54, 1.807) is 25.3 Å². The molecule has 29 heavy (non-hydrogen) atoms. The number of allylic oxidation sites excluding steroid dienone is 1. The normalized spacial score (nSPS) is 13.1. The number of anilines is 1. The van der Waals surface area contributed by atoms with Gasteiger partial charge < -0.3 is 23.8 Å². The third-order valence-electron chi connectivity index (χ3n) is 4.40. The number of carbonyl (C=O) groups is 1. The zero-order valence-electron chi connectivity index (χ0n) is 17.0. The number of halogens is 1. The van der Waals surface area contributed by atoms with E-state index in [-0.39, 0.29) is 5.78 Å². The molecule has 0 N–H and O–H groups in total. The number of ether oxygens (including phenoxy) is 4. The second-order valence-electron chi connectivity index (χ2n) is 6.57. The predicted octanol–water partition coefficient (Wildman–Crippen LogP) is 4.55. The van der Waals surface area contributed by atoms with Gasteiger partial charge in [0, 0.05) is 31.3 Å². The van der Waals surface area contributed by atoms with Crippen LogP contribution in [0.3, 0.4) is 0 Å². The number of methoxy groups -OCH3 is 1. The van der Waals surface area contributed by atoms with Gasteiger partial charge in [-0.25, -0.2) is 0 Å². The number of rotatable bonds is 7. The molecule has 154 valence electrons. The smallest absolute Gasteiger partial charge is 0.200 e. The third kappa shape index (κ3) is 4.67. The summed E-state index contributed by atoms with van der Waals surface area (Å²) in [5.41, 5.74) is 2.11. The molecule has 0 atom stereocenters. The molecule has 7 heteroatoms. The topological polar surface area (TPSA) is 57.2 Å². The van der Waals surface area contributed by atoms with E-state index in [2.05, 4.69) is 15.9 Å². The molecule has 6 nitrogen and oxygen atoms in total. The van der Waals surface area contributed by atoms with E-state index < -0.39 is 0 Å². The van der Waals surface area contributed by atoms with Crippen LogP contribution in [0, 0.1) is 0 Å². The minimum Gasteiger partial charge on any atom is -0.496 e. The summed E-state index contributed by atoms with van der Waals surface area (Å²) in [7, 11) is 5.41. The Hall–Kier alpha value is -2.67. The molecule has 1 aliphatic rings. The number of ketones is 1. The summed E-state index contributed by atoms with van der Waals surface area (Å²) in [6.07, 6.45) is 1.73. The van der Waals surface area contributed by atoms with E-state index in [4.69, 9.17) is 18.9 Å². The highest BCUT2D eigenvalue weighted by Crippen LogP contribution is 2.38. The molecule has 0 aliphatic carbocycles. The Morgan fingerprint density at radius 2 is 1.83 bits per heavy atom. The van der Waals surface area contributed by atoms with Crippen molar-refractivity contribution in [1.29, 1.82) is 0 Å². The minimum absolute atomic E-state index is 0.145. The predicted molar refractivity (Wildman–Crippen MR) is 117 cm³/mol.